The minimum atomic E-state index is -0.259. The standard InChI is InChI=1S/C20H18BrN7O/c1-14-19(25-26-28(14)18-7-3-6-17(21)9-18)20(29)23-10-15-4-2-5-16(8-15)11-27-13-22-12-24-27/h2-9,12-13H,10-11H2,1H3,(H,23,29). The van der Waals surface area contributed by atoms with Crippen LogP contribution in [0.1, 0.15) is 27.3 Å². The van der Waals surface area contributed by atoms with E-state index in [0.29, 0.717) is 24.5 Å². The number of halogens is 1. The minimum absolute atomic E-state index is 0.259. The minimum Gasteiger partial charge on any atom is -0.347 e. The summed E-state index contributed by atoms with van der Waals surface area (Å²) in [4.78, 5) is 16.6. The van der Waals surface area contributed by atoms with Crippen LogP contribution in [0.3, 0.4) is 0 Å². The molecule has 9 heteroatoms. The Kier molecular flexibility index (Phi) is 5.48. The molecule has 4 rings (SSSR count). The highest BCUT2D eigenvalue weighted by Crippen LogP contribution is 2.17. The fraction of sp³-hybridized carbons (Fsp3) is 0.150. The van der Waals surface area contributed by atoms with E-state index in [2.05, 4.69) is 41.6 Å². The molecule has 0 aliphatic carbocycles. The highest BCUT2D eigenvalue weighted by Gasteiger charge is 2.17. The molecule has 146 valence electrons. The molecular formula is C20H18BrN7O. The average Bonchev–Trinajstić information content (AvgIpc) is 3.36. The van der Waals surface area contributed by atoms with Crippen molar-refractivity contribution in [3.05, 3.63) is 88.2 Å². The van der Waals surface area contributed by atoms with Crippen molar-refractivity contribution in [2.45, 2.75) is 20.0 Å². The molecule has 0 radical (unpaired) electrons. The van der Waals surface area contributed by atoms with E-state index in [1.807, 2.05) is 55.5 Å². The van der Waals surface area contributed by atoms with Crippen LogP contribution in [0.5, 0.6) is 0 Å². The van der Waals surface area contributed by atoms with Gasteiger partial charge in [0, 0.05) is 11.0 Å². The molecule has 0 saturated carbocycles. The van der Waals surface area contributed by atoms with E-state index in [4.69, 9.17) is 0 Å². The number of benzene rings is 2. The Hall–Kier alpha value is -3.33. The second-order valence-corrected chi connectivity index (χ2v) is 7.43. The third-order valence-corrected chi connectivity index (χ3v) is 4.91. The lowest BCUT2D eigenvalue weighted by Gasteiger charge is -2.07. The SMILES string of the molecule is Cc1c(C(=O)NCc2cccc(Cn3cncn3)c2)nnn1-c1cccc(Br)c1. The molecule has 0 aliphatic heterocycles. The summed E-state index contributed by atoms with van der Waals surface area (Å²) >= 11 is 3.45. The Bertz CT molecular complexity index is 1140. The van der Waals surface area contributed by atoms with E-state index < -0.39 is 0 Å². The summed E-state index contributed by atoms with van der Waals surface area (Å²) in [5, 5.41) is 15.2. The molecule has 0 bridgehead atoms. The smallest absolute Gasteiger partial charge is 0.274 e. The molecule has 8 nitrogen and oxygen atoms in total. The summed E-state index contributed by atoms with van der Waals surface area (Å²) in [5.74, 6) is -0.259. The van der Waals surface area contributed by atoms with Crippen LogP contribution in [0.25, 0.3) is 5.69 Å². The summed E-state index contributed by atoms with van der Waals surface area (Å²) < 4.78 is 4.33. The third kappa shape index (κ3) is 4.40. The monoisotopic (exact) mass is 451 g/mol. The lowest BCUT2D eigenvalue weighted by Crippen LogP contribution is -2.24. The zero-order valence-electron chi connectivity index (χ0n) is 15.7. The number of hydrogen-bond donors (Lipinski definition) is 1. The van der Waals surface area contributed by atoms with Crippen molar-refractivity contribution < 1.29 is 4.79 Å². The Balaban J connectivity index is 1.44. The molecule has 0 atom stereocenters. The first kappa shape index (κ1) is 19.0. The maximum absolute atomic E-state index is 12.6. The van der Waals surface area contributed by atoms with E-state index >= 15 is 0 Å². The first-order valence-corrected chi connectivity index (χ1v) is 9.76. The van der Waals surface area contributed by atoms with Crippen molar-refractivity contribution in [3.8, 4) is 5.69 Å². The van der Waals surface area contributed by atoms with Crippen LogP contribution in [0.4, 0.5) is 0 Å². The number of hydrogen-bond acceptors (Lipinski definition) is 5. The summed E-state index contributed by atoms with van der Waals surface area (Å²) in [6.07, 6.45) is 3.18. The largest absolute Gasteiger partial charge is 0.347 e. The van der Waals surface area contributed by atoms with Gasteiger partial charge in [0.05, 0.1) is 17.9 Å². The van der Waals surface area contributed by atoms with Gasteiger partial charge in [-0.1, -0.05) is 51.5 Å². The predicted molar refractivity (Wildman–Crippen MR) is 111 cm³/mol. The normalized spacial score (nSPS) is 10.8. The van der Waals surface area contributed by atoms with E-state index in [1.165, 1.54) is 6.33 Å². The number of nitrogens with one attached hydrogen (secondary N) is 1. The van der Waals surface area contributed by atoms with Crippen LogP contribution < -0.4 is 5.32 Å². The van der Waals surface area contributed by atoms with Gasteiger partial charge in [-0.3, -0.25) is 4.79 Å². The topological polar surface area (TPSA) is 90.5 Å². The molecule has 2 aromatic carbocycles. The number of aromatic nitrogens is 6. The van der Waals surface area contributed by atoms with Gasteiger partial charge in [0.15, 0.2) is 5.69 Å². The molecule has 1 N–H and O–H groups in total. The van der Waals surface area contributed by atoms with Crippen LogP contribution >= 0.6 is 15.9 Å². The molecule has 29 heavy (non-hydrogen) atoms. The first-order valence-electron chi connectivity index (χ1n) is 8.97. The Labute approximate surface area is 175 Å². The van der Waals surface area contributed by atoms with Crippen molar-refractivity contribution in [1.29, 1.82) is 0 Å². The van der Waals surface area contributed by atoms with Gasteiger partial charge < -0.3 is 5.32 Å². The van der Waals surface area contributed by atoms with Crippen LogP contribution in [0.2, 0.25) is 0 Å². The molecule has 4 aromatic rings. The number of amides is 1. The van der Waals surface area contributed by atoms with Gasteiger partial charge in [0.1, 0.15) is 12.7 Å². The third-order valence-electron chi connectivity index (χ3n) is 4.42. The second kappa shape index (κ2) is 8.36. The van der Waals surface area contributed by atoms with E-state index in [9.17, 15) is 4.79 Å². The number of nitrogens with zero attached hydrogens (tertiary/aromatic N) is 6. The summed E-state index contributed by atoms with van der Waals surface area (Å²) in [7, 11) is 0. The molecule has 1 amide bonds. The molecule has 0 unspecified atom stereocenters. The highest BCUT2D eigenvalue weighted by molar-refractivity contribution is 9.10. The van der Waals surface area contributed by atoms with E-state index in [0.717, 1.165) is 21.3 Å². The van der Waals surface area contributed by atoms with Crippen molar-refractivity contribution in [3.63, 3.8) is 0 Å². The molecule has 0 fully saturated rings. The zero-order chi connectivity index (χ0) is 20.2. The summed E-state index contributed by atoms with van der Waals surface area (Å²) in [5.41, 5.74) is 3.90. The lowest BCUT2D eigenvalue weighted by atomic mass is 10.1. The lowest BCUT2D eigenvalue weighted by molar-refractivity contribution is 0.0945. The first-order chi connectivity index (χ1) is 14.1. The van der Waals surface area contributed by atoms with Crippen LogP contribution in [-0.4, -0.2) is 35.7 Å². The summed E-state index contributed by atoms with van der Waals surface area (Å²) in [6.45, 7) is 2.85. The molecule has 0 saturated heterocycles. The summed E-state index contributed by atoms with van der Waals surface area (Å²) in [6, 6.07) is 15.7. The van der Waals surface area contributed by atoms with Crippen molar-refractivity contribution in [1.82, 2.24) is 35.1 Å². The Morgan fingerprint density at radius 2 is 1.97 bits per heavy atom. The van der Waals surface area contributed by atoms with Crippen LogP contribution in [-0.2, 0) is 13.1 Å². The van der Waals surface area contributed by atoms with Crippen molar-refractivity contribution >= 4 is 21.8 Å². The van der Waals surface area contributed by atoms with E-state index in [1.54, 1.807) is 15.7 Å². The average molecular weight is 452 g/mol. The van der Waals surface area contributed by atoms with Gasteiger partial charge in [-0.25, -0.2) is 14.3 Å². The van der Waals surface area contributed by atoms with Crippen molar-refractivity contribution in [2.75, 3.05) is 0 Å². The number of carbonyl (C=O) groups is 1. The van der Waals surface area contributed by atoms with Gasteiger partial charge in [-0.05, 0) is 36.2 Å². The zero-order valence-corrected chi connectivity index (χ0v) is 17.2. The Morgan fingerprint density at radius 1 is 1.14 bits per heavy atom. The number of rotatable bonds is 6. The van der Waals surface area contributed by atoms with Crippen LogP contribution in [0, 0.1) is 6.92 Å². The van der Waals surface area contributed by atoms with Crippen molar-refractivity contribution in [2.24, 2.45) is 0 Å². The Morgan fingerprint density at radius 3 is 2.76 bits per heavy atom. The maximum atomic E-state index is 12.6. The molecule has 2 aromatic heterocycles. The fourth-order valence-corrected chi connectivity index (χ4v) is 3.38. The maximum Gasteiger partial charge on any atom is 0.274 e. The molecule has 0 aliphatic rings. The number of carbonyl (C=O) groups excluding carboxylic acids is 1. The highest BCUT2D eigenvalue weighted by atomic mass is 79.9. The molecule has 0 spiro atoms. The van der Waals surface area contributed by atoms with Gasteiger partial charge in [0.2, 0.25) is 0 Å². The van der Waals surface area contributed by atoms with Gasteiger partial charge in [-0.2, -0.15) is 5.10 Å². The van der Waals surface area contributed by atoms with Gasteiger partial charge >= 0.3 is 0 Å². The van der Waals surface area contributed by atoms with Gasteiger partial charge in [-0.15, -0.1) is 5.10 Å². The molecule has 2 heterocycles. The van der Waals surface area contributed by atoms with Crippen LogP contribution in [0.15, 0.2) is 65.7 Å². The van der Waals surface area contributed by atoms with Gasteiger partial charge in [0.25, 0.3) is 5.91 Å². The van der Waals surface area contributed by atoms with E-state index in [-0.39, 0.29) is 5.91 Å². The predicted octanol–water partition coefficient (Wildman–Crippen LogP) is 2.91. The fourth-order valence-electron chi connectivity index (χ4n) is 3.00. The second-order valence-electron chi connectivity index (χ2n) is 6.51. The molecular weight excluding hydrogens is 434 g/mol. The quantitative estimate of drug-likeness (QED) is 0.486.